The molecule has 114 valence electrons. The molecule has 1 fully saturated rings. The molecule has 0 aromatic carbocycles. The first kappa shape index (κ1) is 14.1. The van der Waals surface area contributed by atoms with Crippen molar-refractivity contribution in [2.75, 3.05) is 25.6 Å². The quantitative estimate of drug-likeness (QED) is 0.626. The highest BCUT2D eigenvalue weighted by atomic mass is 16.6. The zero-order valence-electron chi connectivity index (χ0n) is 11.7. The van der Waals surface area contributed by atoms with Crippen molar-refractivity contribution in [3.8, 4) is 0 Å². The first-order chi connectivity index (χ1) is 10.0. The number of aliphatic hydroxyl groups is 3. The van der Waals surface area contributed by atoms with Crippen LogP contribution in [-0.2, 0) is 4.74 Å². The summed E-state index contributed by atoms with van der Waals surface area (Å²) in [6, 6.07) is 0. The molecular weight excluding hydrogens is 278 g/mol. The van der Waals surface area contributed by atoms with Gasteiger partial charge in [-0.05, 0) is 0 Å². The van der Waals surface area contributed by atoms with Crippen molar-refractivity contribution in [3.05, 3.63) is 12.5 Å². The fourth-order valence-electron chi connectivity index (χ4n) is 2.33. The third-order valence-electron chi connectivity index (χ3n) is 3.49. The van der Waals surface area contributed by atoms with E-state index in [2.05, 4.69) is 15.0 Å². The summed E-state index contributed by atoms with van der Waals surface area (Å²) in [4.78, 5) is 14.4. The highest BCUT2D eigenvalue weighted by Gasteiger charge is 2.43. The number of fused-ring (bicyclic) bond motifs is 1. The molecule has 0 spiro atoms. The third kappa shape index (κ3) is 2.23. The fraction of sp³-hybridized carbons (Fsp3) is 0.583. The molecule has 1 saturated heterocycles. The number of nitrogens with zero attached hydrogens (tertiary/aromatic N) is 5. The first-order valence-electron chi connectivity index (χ1n) is 6.52. The Morgan fingerprint density at radius 3 is 2.67 bits per heavy atom. The number of aliphatic hydroxyl groups excluding tert-OH is 3. The first-order valence-corrected chi connectivity index (χ1v) is 6.52. The molecule has 0 saturated carbocycles. The summed E-state index contributed by atoms with van der Waals surface area (Å²) in [5.74, 6) is 0.496. The van der Waals surface area contributed by atoms with Crippen molar-refractivity contribution >= 4 is 17.1 Å². The van der Waals surface area contributed by atoms with Gasteiger partial charge in [-0.2, -0.15) is 4.98 Å². The minimum Gasteiger partial charge on any atom is -0.394 e. The van der Waals surface area contributed by atoms with E-state index in [9.17, 15) is 10.2 Å². The normalized spacial score (nSPS) is 29.2. The molecule has 3 heterocycles. The Labute approximate surface area is 120 Å². The number of imidazole rings is 1. The number of aromatic nitrogens is 4. The van der Waals surface area contributed by atoms with Crippen LogP contribution < -0.4 is 4.90 Å². The Morgan fingerprint density at radius 1 is 1.29 bits per heavy atom. The van der Waals surface area contributed by atoms with Crippen LogP contribution in [0.4, 0.5) is 5.95 Å². The maximum absolute atomic E-state index is 10.1. The number of hydrogen-bond donors (Lipinski definition) is 3. The third-order valence-corrected chi connectivity index (χ3v) is 3.49. The Balaban J connectivity index is 2.02. The van der Waals surface area contributed by atoms with Crippen LogP contribution in [0.1, 0.15) is 6.23 Å². The number of anilines is 1. The average Bonchev–Trinajstić information content (AvgIpc) is 3.01. The van der Waals surface area contributed by atoms with Gasteiger partial charge in [0.05, 0.1) is 19.1 Å². The molecule has 2 aromatic heterocycles. The van der Waals surface area contributed by atoms with Gasteiger partial charge in [0.15, 0.2) is 11.9 Å². The SMILES string of the molecule is CN(C)c1ncc2ncn([C@@H]3O[C@H](CO)[C@H](O)C3O)c2n1. The Bertz CT molecular complexity index is 646. The van der Waals surface area contributed by atoms with Crippen LogP contribution in [0.3, 0.4) is 0 Å². The maximum atomic E-state index is 10.1. The van der Waals surface area contributed by atoms with Crippen molar-refractivity contribution < 1.29 is 20.1 Å². The summed E-state index contributed by atoms with van der Waals surface area (Å²) in [7, 11) is 3.63. The largest absolute Gasteiger partial charge is 0.394 e. The van der Waals surface area contributed by atoms with E-state index in [0.717, 1.165) is 0 Å². The van der Waals surface area contributed by atoms with Gasteiger partial charge in [0.1, 0.15) is 23.8 Å². The van der Waals surface area contributed by atoms with Gasteiger partial charge >= 0.3 is 0 Å². The van der Waals surface area contributed by atoms with Gasteiger partial charge in [-0.1, -0.05) is 0 Å². The second kappa shape index (κ2) is 5.19. The summed E-state index contributed by atoms with van der Waals surface area (Å²) in [6.07, 6.45) is -0.969. The molecule has 1 aliphatic rings. The molecule has 0 amide bonds. The van der Waals surface area contributed by atoms with E-state index in [4.69, 9.17) is 9.84 Å². The van der Waals surface area contributed by atoms with Gasteiger partial charge in [-0.25, -0.2) is 9.97 Å². The van der Waals surface area contributed by atoms with Crippen LogP contribution in [0.5, 0.6) is 0 Å². The van der Waals surface area contributed by atoms with Crippen LogP contribution in [-0.4, -0.2) is 73.9 Å². The van der Waals surface area contributed by atoms with Crippen LogP contribution >= 0.6 is 0 Å². The maximum Gasteiger partial charge on any atom is 0.226 e. The van der Waals surface area contributed by atoms with Crippen LogP contribution in [0.2, 0.25) is 0 Å². The summed E-state index contributed by atoms with van der Waals surface area (Å²) >= 11 is 0. The van der Waals surface area contributed by atoms with Crippen molar-refractivity contribution in [1.82, 2.24) is 19.5 Å². The lowest BCUT2D eigenvalue weighted by Gasteiger charge is -2.17. The smallest absolute Gasteiger partial charge is 0.226 e. The minimum atomic E-state index is -1.17. The molecule has 21 heavy (non-hydrogen) atoms. The van der Waals surface area contributed by atoms with Crippen LogP contribution in [0.25, 0.3) is 11.2 Å². The predicted octanol–water partition coefficient (Wildman–Crippen LogP) is -1.50. The molecular formula is C12H17N5O4. The predicted molar refractivity (Wildman–Crippen MR) is 72.7 cm³/mol. The molecule has 1 unspecified atom stereocenters. The van der Waals surface area contributed by atoms with Gasteiger partial charge in [-0.15, -0.1) is 0 Å². The summed E-state index contributed by atoms with van der Waals surface area (Å²) in [6.45, 7) is -0.376. The molecule has 9 nitrogen and oxygen atoms in total. The van der Waals surface area contributed by atoms with Crippen LogP contribution in [0, 0.1) is 0 Å². The lowest BCUT2D eigenvalue weighted by molar-refractivity contribution is -0.0511. The van der Waals surface area contributed by atoms with E-state index in [1.54, 1.807) is 11.1 Å². The van der Waals surface area contributed by atoms with Crippen LogP contribution in [0.15, 0.2) is 12.5 Å². The van der Waals surface area contributed by atoms with Gasteiger partial charge in [-0.3, -0.25) is 4.57 Å². The topological polar surface area (TPSA) is 117 Å². The molecule has 2 aromatic rings. The van der Waals surface area contributed by atoms with E-state index >= 15 is 0 Å². The Hall–Kier alpha value is -1.81. The van der Waals surface area contributed by atoms with Crippen molar-refractivity contribution in [2.24, 2.45) is 0 Å². The molecule has 0 aliphatic carbocycles. The minimum absolute atomic E-state index is 0.376. The second-order valence-corrected chi connectivity index (χ2v) is 5.15. The molecule has 1 aliphatic heterocycles. The average molecular weight is 295 g/mol. The van der Waals surface area contributed by atoms with E-state index in [0.29, 0.717) is 17.1 Å². The van der Waals surface area contributed by atoms with Crippen molar-refractivity contribution in [1.29, 1.82) is 0 Å². The highest BCUT2D eigenvalue weighted by Crippen LogP contribution is 2.31. The van der Waals surface area contributed by atoms with Gasteiger partial charge < -0.3 is 25.0 Å². The molecule has 4 atom stereocenters. The zero-order chi connectivity index (χ0) is 15.1. The fourth-order valence-corrected chi connectivity index (χ4v) is 2.33. The molecule has 0 bridgehead atoms. The van der Waals surface area contributed by atoms with E-state index in [-0.39, 0.29) is 6.61 Å². The number of ether oxygens (including phenoxy) is 1. The summed E-state index contributed by atoms with van der Waals surface area (Å²) in [5.41, 5.74) is 1.04. The summed E-state index contributed by atoms with van der Waals surface area (Å²) in [5, 5.41) is 29.1. The van der Waals surface area contributed by atoms with E-state index in [1.807, 2.05) is 14.1 Å². The monoisotopic (exact) mass is 295 g/mol. The lowest BCUT2D eigenvalue weighted by atomic mass is 10.1. The zero-order valence-corrected chi connectivity index (χ0v) is 11.7. The molecule has 0 radical (unpaired) electrons. The van der Waals surface area contributed by atoms with Gasteiger partial charge in [0.2, 0.25) is 5.95 Å². The lowest BCUT2D eigenvalue weighted by Crippen LogP contribution is -2.33. The summed E-state index contributed by atoms with van der Waals surface area (Å²) < 4.78 is 7.02. The molecule has 3 N–H and O–H groups in total. The van der Waals surface area contributed by atoms with Gasteiger partial charge in [0, 0.05) is 14.1 Å². The molecule has 9 heteroatoms. The number of rotatable bonds is 3. The van der Waals surface area contributed by atoms with Crippen molar-refractivity contribution in [2.45, 2.75) is 24.5 Å². The molecule has 3 rings (SSSR count). The Morgan fingerprint density at radius 2 is 2.05 bits per heavy atom. The van der Waals surface area contributed by atoms with E-state index < -0.39 is 24.5 Å². The Kier molecular flexibility index (Phi) is 3.49. The standard InChI is InChI=1S/C12H17N5O4/c1-16(2)12-13-3-6-10(15-12)17(5-14-6)11-9(20)8(19)7(4-18)21-11/h3,5,7-9,11,18-20H,4H2,1-2H3/t7-,8+,9?,11-/m1/s1. The second-order valence-electron chi connectivity index (χ2n) is 5.15. The van der Waals surface area contributed by atoms with E-state index in [1.165, 1.54) is 10.9 Å². The number of hydrogen-bond acceptors (Lipinski definition) is 8. The van der Waals surface area contributed by atoms with Crippen molar-refractivity contribution in [3.63, 3.8) is 0 Å². The van der Waals surface area contributed by atoms with Gasteiger partial charge in [0.25, 0.3) is 0 Å². The highest BCUT2D eigenvalue weighted by molar-refractivity contribution is 5.71.